The van der Waals surface area contributed by atoms with E-state index in [0.29, 0.717) is 17.9 Å². The van der Waals surface area contributed by atoms with Crippen molar-refractivity contribution < 1.29 is 0 Å². The molecule has 1 aromatic heterocycles. The van der Waals surface area contributed by atoms with Crippen LogP contribution < -0.4 is 11.1 Å². The van der Waals surface area contributed by atoms with Crippen molar-refractivity contribution in [3.63, 3.8) is 0 Å². The van der Waals surface area contributed by atoms with Crippen molar-refractivity contribution in [2.45, 2.75) is 37.6 Å². The fraction of sp³-hybridized carbons (Fsp3) is 0.471. The average molecular weight is 282 g/mol. The van der Waals surface area contributed by atoms with Crippen LogP contribution in [0.2, 0.25) is 0 Å². The van der Waals surface area contributed by atoms with Gasteiger partial charge in [-0.25, -0.2) is 4.68 Å². The van der Waals surface area contributed by atoms with Gasteiger partial charge in [0.15, 0.2) is 0 Å². The van der Waals surface area contributed by atoms with Crippen LogP contribution in [-0.2, 0) is 0 Å². The number of hydrogen-bond donors (Lipinski definition) is 2. The van der Waals surface area contributed by atoms with E-state index in [1.165, 1.54) is 18.5 Å². The number of para-hydroxylation sites is 1. The summed E-state index contributed by atoms with van der Waals surface area (Å²) in [4.78, 5) is 0. The van der Waals surface area contributed by atoms with Gasteiger partial charge in [0, 0.05) is 17.7 Å². The Kier molecular flexibility index (Phi) is 3.19. The lowest BCUT2D eigenvalue weighted by molar-refractivity contribution is 0.192. The molecule has 4 rings (SSSR count). The molecule has 4 heteroatoms. The zero-order chi connectivity index (χ0) is 14.2. The quantitative estimate of drug-likeness (QED) is 0.883. The predicted molar refractivity (Wildman–Crippen MR) is 84.7 cm³/mol. The van der Waals surface area contributed by atoms with E-state index in [-0.39, 0.29) is 0 Å². The van der Waals surface area contributed by atoms with Gasteiger partial charge in [0.05, 0.1) is 11.7 Å². The first kappa shape index (κ1) is 12.9. The third-order valence-corrected chi connectivity index (χ3v) is 4.69. The van der Waals surface area contributed by atoms with E-state index in [0.717, 1.165) is 30.9 Å². The minimum absolute atomic E-state index is 0.511. The zero-order valence-electron chi connectivity index (χ0n) is 12.2. The van der Waals surface area contributed by atoms with Crippen molar-refractivity contribution in [1.29, 1.82) is 0 Å². The first-order valence-corrected chi connectivity index (χ1v) is 7.95. The summed E-state index contributed by atoms with van der Waals surface area (Å²) in [5.74, 6) is 2.49. The summed E-state index contributed by atoms with van der Waals surface area (Å²) in [6, 6.07) is 13.1. The van der Waals surface area contributed by atoms with E-state index >= 15 is 0 Å². The SMILES string of the molecule is NCC1CC(n2nc(C3CC3)cc2Nc2ccccc2)C1. The highest BCUT2D eigenvalue weighted by atomic mass is 15.4. The Bertz CT molecular complexity index is 609. The molecule has 0 unspecified atom stereocenters. The number of nitrogens with two attached hydrogens (primary N) is 1. The van der Waals surface area contributed by atoms with Crippen LogP contribution in [0.3, 0.4) is 0 Å². The minimum atomic E-state index is 0.511. The lowest BCUT2D eigenvalue weighted by atomic mass is 9.80. The van der Waals surface area contributed by atoms with Gasteiger partial charge in [0.25, 0.3) is 0 Å². The lowest BCUT2D eigenvalue weighted by Gasteiger charge is -2.35. The van der Waals surface area contributed by atoms with Crippen LogP contribution in [0.25, 0.3) is 0 Å². The highest BCUT2D eigenvalue weighted by Gasteiger charge is 2.34. The Morgan fingerprint density at radius 1 is 1.19 bits per heavy atom. The van der Waals surface area contributed by atoms with E-state index in [1.54, 1.807) is 0 Å². The van der Waals surface area contributed by atoms with Crippen LogP contribution in [0.15, 0.2) is 36.4 Å². The highest BCUT2D eigenvalue weighted by molar-refractivity contribution is 5.57. The third-order valence-electron chi connectivity index (χ3n) is 4.69. The van der Waals surface area contributed by atoms with Gasteiger partial charge in [-0.2, -0.15) is 5.10 Å². The maximum atomic E-state index is 5.75. The Hall–Kier alpha value is -1.81. The third kappa shape index (κ3) is 2.56. The summed E-state index contributed by atoms with van der Waals surface area (Å²) in [6.45, 7) is 0.800. The van der Waals surface area contributed by atoms with E-state index in [2.05, 4.69) is 40.3 Å². The summed E-state index contributed by atoms with van der Waals surface area (Å²) in [5, 5.41) is 8.40. The van der Waals surface area contributed by atoms with Crippen LogP contribution in [-0.4, -0.2) is 16.3 Å². The molecule has 3 N–H and O–H groups in total. The predicted octanol–water partition coefficient (Wildman–Crippen LogP) is 3.41. The Balaban J connectivity index is 1.59. The fourth-order valence-corrected chi connectivity index (χ4v) is 3.13. The molecule has 0 spiro atoms. The van der Waals surface area contributed by atoms with Gasteiger partial charge in [-0.05, 0) is 50.3 Å². The van der Waals surface area contributed by atoms with Gasteiger partial charge in [0.2, 0.25) is 0 Å². The summed E-state index contributed by atoms with van der Waals surface area (Å²) in [7, 11) is 0. The highest BCUT2D eigenvalue weighted by Crippen LogP contribution is 2.43. The maximum Gasteiger partial charge on any atom is 0.129 e. The van der Waals surface area contributed by atoms with Gasteiger partial charge >= 0.3 is 0 Å². The molecule has 2 saturated carbocycles. The molecule has 110 valence electrons. The molecule has 2 aliphatic rings. The van der Waals surface area contributed by atoms with Crippen molar-refractivity contribution in [3.8, 4) is 0 Å². The molecule has 2 fully saturated rings. The van der Waals surface area contributed by atoms with E-state index in [1.807, 2.05) is 6.07 Å². The number of anilines is 2. The molecule has 21 heavy (non-hydrogen) atoms. The van der Waals surface area contributed by atoms with Gasteiger partial charge in [-0.3, -0.25) is 0 Å². The van der Waals surface area contributed by atoms with Crippen LogP contribution in [0, 0.1) is 5.92 Å². The second-order valence-corrected chi connectivity index (χ2v) is 6.39. The van der Waals surface area contributed by atoms with Gasteiger partial charge < -0.3 is 11.1 Å². The molecule has 2 aliphatic carbocycles. The normalized spacial score (nSPS) is 24.6. The molecular weight excluding hydrogens is 260 g/mol. The molecule has 0 bridgehead atoms. The van der Waals surface area contributed by atoms with Crippen LogP contribution in [0.5, 0.6) is 0 Å². The fourth-order valence-electron chi connectivity index (χ4n) is 3.13. The van der Waals surface area contributed by atoms with Crippen molar-refractivity contribution in [3.05, 3.63) is 42.1 Å². The first-order chi connectivity index (χ1) is 10.3. The Morgan fingerprint density at radius 2 is 1.95 bits per heavy atom. The molecular formula is C17H22N4. The smallest absolute Gasteiger partial charge is 0.129 e. The average Bonchev–Trinajstić information content (AvgIpc) is 3.23. The molecule has 1 aromatic carbocycles. The van der Waals surface area contributed by atoms with Crippen molar-refractivity contribution in [1.82, 2.24) is 9.78 Å². The number of benzene rings is 1. The number of rotatable bonds is 5. The largest absolute Gasteiger partial charge is 0.340 e. The van der Waals surface area contributed by atoms with E-state index < -0.39 is 0 Å². The molecule has 0 radical (unpaired) electrons. The van der Waals surface area contributed by atoms with Gasteiger partial charge in [-0.15, -0.1) is 0 Å². The Morgan fingerprint density at radius 3 is 2.62 bits per heavy atom. The molecule has 0 atom stereocenters. The van der Waals surface area contributed by atoms with Crippen molar-refractivity contribution in [2.75, 3.05) is 11.9 Å². The maximum absolute atomic E-state index is 5.75. The summed E-state index contributed by atoms with van der Waals surface area (Å²) < 4.78 is 2.20. The van der Waals surface area contributed by atoms with Crippen LogP contribution in [0.4, 0.5) is 11.5 Å². The molecule has 1 heterocycles. The van der Waals surface area contributed by atoms with E-state index in [4.69, 9.17) is 10.8 Å². The van der Waals surface area contributed by atoms with Crippen molar-refractivity contribution >= 4 is 11.5 Å². The monoisotopic (exact) mass is 282 g/mol. The van der Waals surface area contributed by atoms with Crippen molar-refractivity contribution in [2.24, 2.45) is 11.7 Å². The zero-order valence-corrected chi connectivity index (χ0v) is 12.2. The van der Waals surface area contributed by atoms with Gasteiger partial charge in [0.1, 0.15) is 5.82 Å². The first-order valence-electron chi connectivity index (χ1n) is 7.95. The topological polar surface area (TPSA) is 55.9 Å². The summed E-state index contributed by atoms with van der Waals surface area (Å²) in [5.41, 5.74) is 8.13. The molecule has 0 saturated heterocycles. The number of aromatic nitrogens is 2. The molecule has 2 aromatic rings. The minimum Gasteiger partial charge on any atom is -0.340 e. The summed E-state index contributed by atoms with van der Waals surface area (Å²) >= 11 is 0. The van der Waals surface area contributed by atoms with E-state index in [9.17, 15) is 0 Å². The van der Waals surface area contributed by atoms with Crippen LogP contribution >= 0.6 is 0 Å². The standard InChI is InChI=1S/C17H22N4/c18-11-12-8-15(9-12)21-17(10-16(20-21)13-6-7-13)19-14-4-2-1-3-5-14/h1-5,10,12-13,15,19H,6-9,11,18H2. The second kappa shape index (κ2) is 5.19. The second-order valence-electron chi connectivity index (χ2n) is 6.39. The lowest BCUT2D eigenvalue weighted by Crippen LogP contribution is -2.32. The molecule has 0 amide bonds. The molecule has 0 aliphatic heterocycles. The van der Waals surface area contributed by atoms with Crippen LogP contribution in [0.1, 0.15) is 43.3 Å². The number of hydrogen-bond acceptors (Lipinski definition) is 3. The number of nitrogens with one attached hydrogen (secondary N) is 1. The Labute approximate surface area is 125 Å². The number of nitrogens with zero attached hydrogens (tertiary/aromatic N) is 2. The molecule has 4 nitrogen and oxygen atoms in total. The summed E-state index contributed by atoms with van der Waals surface area (Å²) in [6.07, 6.45) is 4.90. The van der Waals surface area contributed by atoms with Gasteiger partial charge in [-0.1, -0.05) is 18.2 Å².